The second kappa shape index (κ2) is 5.18. The molecular weight excluding hydrogens is 270 g/mol. The maximum Gasteiger partial charge on any atom is 0.303 e. The van der Waals surface area contributed by atoms with E-state index in [4.69, 9.17) is 11.2 Å². The van der Waals surface area contributed by atoms with Crippen LogP contribution in [0.1, 0.15) is 40.0 Å². The van der Waals surface area contributed by atoms with Crippen molar-refractivity contribution in [1.29, 1.82) is 0 Å². The predicted molar refractivity (Wildman–Crippen MR) is 77.9 cm³/mol. The van der Waals surface area contributed by atoms with Crippen LogP contribution in [-0.4, -0.2) is 23.0 Å². The van der Waals surface area contributed by atoms with Crippen molar-refractivity contribution in [3.05, 3.63) is 21.8 Å². The summed E-state index contributed by atoms with van der Waals surface area (Å²) in [7, 11) is 0. The molecule has 0 aliphatic heterocycles. The molecule has 0 heterocycles. The topological polar surface area (TPSA) is 69.4 Å². The molecule has 114 valence electrons. The minimum atomic E-state index is -0.709. The van der Waals surface area contributed by atoms with Gasteiger partial charge < -0.3 is 4.74 Å². The van der Waals surface area contributed by atoms with Crippen molar-refractivity contribution < 1.29 is 14.5 Å². The highest BCUT2D eigenvalue weighted by atomic mass is 16.6. The fraction of sp³-hybridized carbons (Fsp3) is 0.688. The van der Waals surface area contributed by atoms with Gasteiger partial charge in [0.25, 0.3) is 0 Å². The average molecular weight is 291 g/mol. The molecule has 2 aliphatic carbocycles. The molecule has 0 aromatic rings. The highest BCUT2D eigenvalue weighted by Gasteiger charge is 2.59. The van der Waals surface area contributed by atoms with Crippen LogP contribution >= 0.6 is 0 Å². The molecule has 0 N–H and O–H groups in total. The van der Waals surface area contributed by atoms with E-state index in [0.717, 1.165) is 18.4 Å². The molecule has 3 atom stereocenters. The third-order valence-corrected chi connectivity index (χ3v) is 4.57. The van der Waals surface area contributed by atoms with Gasteiger partial charge in [-0.2, -0.15) is 0 Å². The summed E-state index contributed by atoms with van der Waals surface area (Å²) in [5.74, 6) is 2.83. The molecule has 0 radical (unpaired) electrons. The van der Waals surface area contributed by atoms with Gasteiger partial charge in [0.15, 0.2) is 0 Å². The van der Waals surface area contributed by atoms with Crippen molar-refractivity contribution in [1.82, 2.24) is 0 Å². The first-order chi connectivity index (χ1) is 9.67. The normalized spacial score (nSPS) is 30.7. The molecular formula is C16H21NO4. The Balaban J connectivity index is 2.21. The standard InChI is InChI=1S/C16H21NO4/c1-5-12-6-13-8-16(10-17(19)20,14(13)7-12)9-15(3,4)21-11(2)18/h1,7,13-14H,6,8-10H2,2-4H3/t13-,14-,16-/m1/s1. The molecule has 0 aromatic carbocycles. The van der Waals surface area contributed by atoms with Crippen molar-refractivity contribution in [2.75, 3.05) is 6.54 Å². The van der Waals surface area contributed by atoms with E-state index < -0.39 is 11.0 Å². The van der Waals surface area contributed by atoms with Gasteiger partial charge >= 0.3 is 5.97 Å². The Morgan fingerprint density at radius 1 is 1.67 bits per heavy atom. The van der Waals surface area contributed by atoms with Crippen LogP contribution in [0.4, 0.5) is 0 Å². The number of terminal acetylenes is 1. The lowest BCUT2D eigenvalue weighted by Crippen LogP contribution is -2.53. The summed E-state index contributed by atoms with van der Waals surface area (Å²) < 4.78 is 5.33. The third-order valence-electron chi connectivity index (χ3n) is 4.57. The van der Waals surface area contributed by atoms with E-state index in [0.29, 0.717) is 12.3 Å². The van der Waals surface area contributed by atoms with Crippen molar-refractivity contribution in [3.63, 3.8) is 0 Å². The first-order valence-electron chi connectivity index (χ1n) is 7.16. The van der Waals surface area contributed by atoms with Crippen LogP contribution in [0.2, 0.25) is 0 Å². The van der Waals surface area contributed by atoms with Crippen molar-refractivity contribution in [2.45, 2.75) is 45.6 Å². The maximum absolute atomic E-state index is 11.2. The molecule has 5 heteroatoms. The number of hydrogen-bond acceptors (Lipinski definition) is 4. The Bertz CT molecular complexity index is 543. The van der Waals surface area contributed by atoms with Crippen LogP contribution in [0, 0.1) is 39.7 Å². The minimum absolute atomic E-state index is 0.104. The Hall–Kier alpha value is -1.83. The number of allylic oxidation sites excluding steroid dienone is 2. The van der Waals surface area contributed by atoms with Crippen LogP contribution in [0.25, 0.3) is 0 Å². The monoisotopic (exact) mass is 291 g/mol. The van der Waals surface area contributed by atoms with E-state index in [-0.39, 0.29) is 23.4 Å². The molecule has 0 amide bonds. The second-order valence-electron chi connectivity index (χ2n) is 6.91. The first kappa shape index (κ1) is 15.6. The van der Waals surface area contributed by atoms with E-state index in [9.17, 15) is 14.9 Å². The maximum atomic E-state index is 11.2. The van der Waals surface area contributed by atoms with Crippen LogP contribution < -0.4 is 0 Å². The molecule has 0 spiro atoms. The minimum Gasteiger partial charge on any atom is -0.460 e. The van der Waals surface area contributed by atoms with Gasteiger partial charge in [-0.25, -0.2) is 0 Å². The summed E-state index contributed by atoms with van der Waals surface area (Å²) in [6.45, 7) is 4.87. The van der Waals surface area contributed by atoms with Gasteiger partial charge in [-0.1, -0.05) is 12.0 Å². The number of ether oxygens (including phenoxy) is 1. The van der Waals surface area contributed by atoms with Crippen LogP contribution in [0.5, 0.6) is 0 Å². The Morgan fingerprint density at radius 2 is 2.33 bits per heavy atom. The molecule has 0 unspecified atom stereocenters. The Labute approximate surface area is 124 Å². The number of hydrogen-bond donors (Lipinski definition) is 0. The second-order valence-corrected chi connectivity index (χ2v) is 6.91. The molecule has 0 saturated heterocycles. The molecule has 0 bridgehead atoms. The van der Waals surface area contributed by atoms with Gasteiger partial charge in [-0.3, -0.25) is 14.9 Å². The van der Waals surface area contributed by atoms with Crippen LogP contribution in [-0.2, 0) is 9.53 Å². The summed E-state index contributed by atoms with van der Waals surface area (Å²) in [4.78, 5) is 22.0. The summed E-state index contributed by atoms with van der Waals surface area (Å²) in [5.41, 5.74) is -0.217. The summed E-state index contributed by atoms with van der Waals surface area (Å²) in [5, 5.41) is 11.1. The van der Waals surface area contributed by atoms with E-state index in [2.05, 4.69) is 5.92 Å². The van der Waals surface area contributed by atoms with E-state index >= 15 is 0 Å². The average Bonchev–Trinajstić information content (AvgIpc) is 2.63. The lowest BCUT2D eigenvalue weighted by Gasteiger charge is -2.52. The zero-order chi connectivity index (χ0) is 15.8. The molecule has 2 rings (SSSR count). The van der Waals surface area contributed by atoms with Crippen molar-refractivity contribution in [2.24, 2.45) is 17.3 Å². The molecule has 1 fully saturated rings. The van der Waals surface area contributed by atoms with Gasteiger partial charge in [-0.05, 0) is 50.5 Å². The summed E-state index contributed by atoms with van der Waals surface area (Å²) in [6, 6.07) is 0. The first-order valence-corrected chi connectivity index (χ1v) is 7.16. The number of carbonyl (C=O) groups is 1. The lowest BCUT2D eigenvalue weighted by atomic mass is 9.52. The van der Waals surface area contributed by atoms with Gasteiger partial charge in [0, 0.05) is 17.3 Å². The smallest absolute Gasteiger partial charge is 0.303 e. The Kier molecular flexibility index (Phi) is 3.83. The van der Waals surface area contributed by atoms with Gasteiger partial charge in [-0.15, -0.1) is 6.42 Å². The fourth-order valence-corrected chi connectivity index (χ4v) is 4.26. The lowest BCUT2D eigenvalue weighted by molar-refractivity contribution is -0.507. The number of nitrogens with zero attached hydrogens (tertiary/aromatic N) is 1. The largest absolute Gasteiger partial charge is 0.460 e. The zero-order valence-corrected chi connectivity index (χ0v) is 12.7. The number of esters is 1. The fourth-order valence-electron chi connectivity index (χ4n) is 4.26. The number of rotatable bonds is 5. The zero-order valence-electron chi connectivity index (χ0n) is 12.7. The van der Waals surface area contributed by atoms with Gasteiger partial charge in [0.05, 0.1) is 0 Å². The van der Waals surface area contributed by atoms with Crippen molar-refractivity contribution >= 4 is 5.97 Å². The molecule has 21 heavy (non-hydrogen) atoms. The van der Waals surface area contributed by atoms with Crippen LogP contribution in [0.3, 0.4) is 0 Å². The number of fused-ring (bicyclic) bond motifs is 1. The van der Waals surface area contributed by atoms with Gasteiger partial charge in [0.1, 0.15) is 5.60 Å². The van der Waals surface area contributed by atoms with E-state index in [1.165, 1.54) is 6.92 Å². The molecule has 5 nitrogen and oxygen atoms in total. The van der Waals surface area contributed by atoms with Crippen molar-refractivity contribution in [3.8, 4) is 12.3 Å². The highest BCUT2D eigenvalue weighted by molar-refractivity contribution is 5.66. The summed E-state index contributed by atoms with van der Waals surface area (Å²) >= 11 is 0. The number of carbonyl (C=O) groups excluding carboxylic acids is 1. The van der Waals surface area contributed by atoms with Crippen LogP contribution in [0.15, 0.2) is 11.6 Å². The SMILES string of the molecule is C#CC1=C[C@@H]2[C@H](C1)C[C@]2(C[N+](=O)[O-])CC(C)(C)OC(C)=O. The van der Waals surface area contributed by atoms with E-state index in [1.807, 2.05) is 19.9 Å². The van der Waals surface area contributed by atoms with Gasteiger partial charge in [0.2, 0.25) is 6.54 Å². The highest BCUT2D eigenvalue weighted by Crippen LogP contribution is 2.61. The quantitative estimate of drug-likeness (QED) is 0.338. The molecule has 0 aromatic heterocycles. The molecule has 1 saturated carbocycles. The third kappa shape index (κ3) is 3.10. The Morgan fingerprint density at radius 3 is 2.86 bits per heavy atom. The predicted octanol–water partition coefficient (Wildman–Crippen LogP) is 2.58. The molecule has 2 aliphatic rings. The summed E-state index contributed by atoms with van der Waals surface area (Å²) in [6.07, 6.45) is 9.56. The van der Waals surface area contributed by atoms with E-state index in [1.54, 1.807) is 0 Å². The number of nitro groups is 1.